The Morgan fingerprint density at radius 3 is 2.44 bits per heavy atom. The first-order valence-electron chi connectivity index (χ1n) is 2.97. The van der Waals surface area contributed by atoms with Gasteiger partial charge in [0.2, 0.25) is 0 Å². The van der Waals surface area contributed by atoms with Crippen LogP contribution in [0.15, 0.2) is 0 Å². The smallest absolute Gasteiger partial charge is 0.0572 e. The van der Waals surface area contributed by atoms with Gasteiger partial charge in [-0.2, -0.15) is 0 Å². The third kappa shape index (κ3) is 5.72. The van der Waals surface area contributed by atoms with Crippen molar-refractivity contribution >= 4 is 0 Å². The molecule has 0 unspecified atom stereocenters. The van der Waals surface area contributed by atoms with Gasteiger partial charge in [-0.25, -0.2) is 5.01 Å². The fourth-order valence-electron chi connectivity index (χ4n) is 0.470. The Bertz CT molecular complexity index is 60.9. The summed E-state index contributed by atoms with van der Waals surface area (Å²) in [6.07, 6.45) is 0. The topological polar surface area (TPSA) is 55.7 Å². The summed E-state index contributed by atoms with van der Waals surface area (Å²) in [5.74, 6) is 0. The molecule has 0 aromatic carbocycles. The van der Waals surface area contributed by atoms with Gasteiger partial charge in [0.05, 0.1) is 13.2 Å². The number of rotatable bonds is 5. The molecule has 0 aromatic rings. The molecule has 4 heteroatoms. The predicted octanol–water partition coefficient (Wildman–Crippen LogP) is -1.59. The summed E-state index contributed by atoms with van der Waals surface area (Å²) in [7, 11) is 1.81. The third-order valence-corrected chi connectivity index (χ3v) is 0.929. The molecule has 0 atom stereocenters. The fraction of sp³-hybridized carbons (Fsp3) is 1.00. The van der Waals surface area contributed by atoms with E-state index in [0.29, 0.717) is 13.1 Å². The highest BCUT2D eigenvalue weighted by atomic mass is 16.3. The van der Waals surface area contributed by atoms with E-state index >= 15 is 0 Å². The van der Waals surface area contributed by atoms with E-state index in [2.05, 4.69) is 5.43 Å². The average Bonchev–Trinajstić information content (AvgIpc) is 1.85. The zero-order valence-corrected chi connectivity index (χ0v) is 5.67. The number of nitrogens with one attached hydrogen (secondary N) is 1. The molecule has 3 N–H and O–H groups in total. The quantitative estimate of drug-likeness (QED) is 0.397. The van der Waals surface area contributed by atoms with Gasteiger partial charge < -0.3 is 10.2 Å². The summed E-state index contributed by atoms with van der Waals surface area (Å²) in [5.41, 5.74) is 2.86. The first-order chi connectivity index (χ1) is 4.31. The number of hydrazine groups is 1. The van der Waals surface area contributed by atoms with Gasteiger partial charge in [-0.05, 0) is 0 Å². The molecule has 0 spiro atoms. The summed E-state index contributed by atoms with van der Waals surface area (Å²) in [4.78, 5) is 0. The Kier molecular flexibility index (Phi) is 5.86. The monoisotopic (exact) mass is 134 g/mol. The van der Waals surface area contributed by atoms with Crippen LogP contribution in [0.2, 0.25) is 0 Å². The zero-order valence-electron chi connectivity index (χ0n) is 5.67. The number of likely N-dealkylation sites (N-methyl/N-ethyl adjacent to an activating group) is 1. The summed E-state index contributed by atoms with van der Waals surface area (Å²) < 4.78 is 0. The number of hydrogen-bond donors (Lipinski definition) is 3. The second-order valence-electron chi connectivity index (χ2n) is 1.78. The normalized spacial score (nSPS) is 10.7. The SMILES string of the molecule is CN(CCO)NCCO. The Morgan fingerprint density at radius 2 is 2.00 bits per heavy atom. The lowest BCUT2D eigenvalue weighted by Crippen LogP contribution is -2.38. The molecule has 0 amide bonds. The van der Waals surface area contributed by atoms with Crippen LogP contribution in [0.25, 0.3) is 0 Å². The summed E-state index contributed by atoms with van der Waals surface area (Å²) >= 11 is 0. The van der Waals surface area contributed by atoms with Crippen molar-refractivity contribution in [2.45, 2.75) is 0 Å². The summed E-state index contributed by atoms with van der Waals surface area (Å²) in [6, 6.07) is 0. The van der Waals surface area contributed by atoms with Gasteiger partial charge in [0, 0.05) is 20.1 Å². The molecule has 0 fully saturated rings. The van der Waals surface area contributed by atoms with Crippen LogP contribution in [0, 0.1) is 0 Å². The molecule has 0 rings (SSSR count). The molecule has 56 valence electrons. The van der Waals surface area contributed by atoms with Crippen molar-refractivity contribution in [3.05, 3.63) is 0 Å². The van der Waals surface area contributed by atoms with E-state index in [1.54, 1.807) is 5.01 Å². The number of aliphatic hydroxyl groups is 2. The third-order valence-electron chi connectivity index (χ3n) is 0.929. The second kappa shape index (κ2) is 5.97. The summed E-state index contributed by atoms with van der Waals surface area (Å²) in [6.45, 7) is 1.38. The van der Waals surface area contributed by atoms with Gasteiger partial charge in [0.1, 0.15) is 0 Å². The highest BCUT2D eigenvalue weighted by Gasteiger charge is 1.91. The minimum absolute atomic E-state index is 0.121. The van der Waals surface area contributed by atoms with Crippen molar-refractivity contribution in [1.29, 1.82) is 0 Å². The van der Waals surface area contributed by atoms with Crippen molar-refractivity contribution in [2.24, 2.45) is 0 Å². The first kappa shape index (κ1) is 8.84. The Hall–Kier alpha value is -0.160. The molecule has 0 radical (unpaired) electrons. The van der Waals surface area contributed by atoms with Gasteiger partial charge >= 0.3 is 0 Å². The highest BCUT2D eigenvalue weighted by Crippen LogP contribution is 1.70. The molecule has 0 aliphatic rings. The standard InChI is InChI=1S/C5H14N2O2/c1-7(3-5-9)6-2-4-8/h6,8-9H,2-5H2,1H3. The van der Waals surface area contributed by atoms with E-state index in [1.807, 2.05) is 7.05 Å². The van der Waals surface area contributed by atoms with Crippen LogP contribution in [-0.2, 0) is 0 Å². The maximum absolute atomic E-state index is 8.39. The van der Waals surface area contributed by atoms with E-state index < -0.39 is 0 Å². The lowest BCUT2D eigenvalue weighted by molar-refractivity contribution is 0.158. The van der Waals surface area contributed by atoms with Crippen molar-refractivity contribution in [3.63, 3.8) is 0 Å². The van der Waals surface area contributed by atoms with Crippen LogP contribution in [0.4, 0.5) is 0 Å². The van der Waals surface area contributed by atoms with Gasteiger partial charge in [-0.1, -0.05) is 0 Å². The molecule has 9 heavy (non-hydrogen) atoms. The number of nitrogens with zero attached hydrogens (tertiary/aromatic N) is 1. The molecular weight excluding hydrogens is 120 g/mol. The van der Waals surface area contributed by atoms with Crippen molar-refractivity contribution in [2.75, 3.05) is 33.4 Å². The molecule has 0 saturated carbocycles. The van der Waals surface area contributed by atoms with Gasteiger partial charge in [0.15, 0.2) is 0 Å². The fourth-order valence-corrected chi connectivity index (χ4v) is 0.470. The van der Waals surface area contributed by atoms with Crippen molar-refractivity contribution < 1.29 is 10.2 Å². The van der Waals surface area contributed by atoms with Crippen LogP contribution in [0.3, 0.4) is 0 Å². The zero-order chi connectivity index (χ0) is 7.11. The van der Waals surface area contributed by atoms with Crippen LogP contribution in [-0.4, -0.2) is 48.6 Å². The number of aliphatic hydroxyl groups excluding tert-OH is 2. The van der Waals surface area contributed by atoms with E-state index in [0.717, 1.165) is 0 Å². The van der Waals surface area contributed by atoms with Crippen molar-refractivity contribution in [3.8, 4) is 0 Å². The summed E-state index contributed by atoms with van der Waals surface area (Å²) in [5, 5.41) is 18.5. The minimum Gasteiger partial charge on any atom is -0.395 e. The largest absolute Gasteiger partial charge is 0.395 e. The second-order valence-corrected chi connectivity index (χ2v) is 1.78. The van der Waals surface area contributed by atoms with E-state index in [1.165, 1.54) is 0 Å². The Morgan fingerprint density at radius 1 is 1.33 bits per heavy atom. The van der Waals surface area contributed by atoms with Crippen molar-refractivity contribution in [1.82, 2.24) is 10.4 Å². The lowest BCUT2D eigenvalue weighted by atomic mass is 10.6. The van der Waals surface area contributed by atoms with Gasteiger partial charge in [-0.3, -0.25) is 5.43 Å². The molecular formula is C5H14N2O2. The maximum Gasteiger partial charge on any atom is 0.0572 e. The average molecular weight is 134 g/mol. The van der Waals surface area contributed by atoms with E-state index in [4.69, 9.17) is 10.2 Å². The number of hydrogen-bond acceptors (Lipinski definition) is 4. The Balaban J connectivity index is 2.95. The molecule has 0 aliphatic carbocycles. The van der Waals surface area contributed by atoms with E-state index in [-0.39, 0.29) is 13.2 Å². The van der Waals surface area contributed by atoms with Crippen LogP contribution in [0.5, 0.6) is 0 Å². The first-order valence-corrected chi connectivity index (χ1v) is 2.97. The molecule has 0 aromatic heterocycles. The molecule has 4 nitrogen and oxygen atoms in total. The molecule has 0 aliphatic heterocycles. The molecule has 0 bridgehead atoms. The minimum atomic E-state index is 0.121. The maximum atomic E-state index is 8.39. The van der Waals surface area contributed by atoms with Gasteiger partial charge in [-0.15, -0.1) is 0 Å². The van der Waals surface area contributed by atoms with Crippen LogP contribution in [0.1, 0.15) is 0 Å². The van der Waals surface area contributed by atoms with Crippen LogP contribution >= 0.6 is 0 Å². The lowest BCUT2D eigenvalue weighted by Gasteiger charge is -2.14. The van der Waals surface area contributed by atoms with Crippen LogP contribution < -0.4 is 5.43 Å². The molecule has 0 saturated heterocycles. The van der Waals surface area contributed by atoms with Gasteiger partial charge in [0.25, 0.3) is 0 Å². The highest BCUT2D eigenvalue weighted by molar-refractivity contribution is 4.41. The molecule has 0 heterocycles. The Labute approximate surface area is 55.1 Å². The predicted molar refractivity (Wildman–Crippen MR) is 34.8 cm³/mol. The van der Waals surface area contributed by atoms with E-state index in [9.17, 15) is 0 Å².